The van der Waals surface area contributed by atoms with Gasteiger partial charge in [0.2, 0.25) is 0 Å². The van der Waals surface area contributed by atoms with E-state index in [1.54, 1.807) is 0 Å². The van der Waals surface area contributed by atoms with Crippen molar-refractivity contribution in [2.24, 2.45) is 11.8 Å². The number of nitriles is 2. The molecular formula is C46H38N4. The molecule has 1 aromatic heterocycles. The number of hydrogen-bond acceptors (Lipinski definition) is 3. The molecule has 3 aromatic carbocycles. The lowest BCUT2D eigenvalue weighted by atomic mass is 9.84. The van der Waals surface area contributed by atoms with Gasteiger partial charge in [0.1, 0.15) is 0 Å². The quantitative estimate of drug-likeness (QED) is 0.148. The summed E-state index contributed by atoms with van der Waals surface area (Å²) in [6.45, 7) is 6.52. The largest absolute Gasteiger partial charge is 0.333 e. The summed E-state index contributed by atoms with van der Waals surface area (Å²) in [7, 11) is 0. The number of para-hydroxylation sites is 1. The third-order valence-electron chi connectivity index (χ3n) is 10.6. The van der Waals surface area contributed by atoms with Gasteiger partial charge in [-0.25, -0.2) is 0 Å². The van der Waals surface area contributed by atoms with Crippen LogP contribution in [0.5, 0.6) is 0 Å². The molecule has 8 rings (SSSR count). The second-order valence-electron chi connectivity index (χ2n) is 13.5. The van der Waals surface area contributed by atoms with Crippen LogP contribution >= 0.6 is 0 Å². The molecule has 4 heteroatoms. The Morgan fingerprint density at radius 1 is 0.920 bits per heavy atom. The van der Waals surface area contributed by atoms with Gasteiger partial charge in [-0.3, -0.25) is 0 Å². The fourth-order valence-electron chi connectivity index (χ4n) is 8.29. The Morgan fingerprint density at radius 2 is 1.72 bits per heavy atom. The molecule has 3 unspecified atom stereocenters. The Bertz CT molecular complexity index is 2380. The first-order valence-corrected chi connectivity index (χ1v) is 17.5. The standard InChI is InChI=1S/C46H38N4/c1-3-34(45-31(2)12-10-20-43(45)50-40-17-7-4-14-37(40)38-15-5-8-18-41(38)50)28-33(29-47)23-22-32-24-26-36(27-25-32)49-42-19-9-6-16-39(42)46-35(30-48)13-11-21-44(46)49/h3-4,6-11,13-14,16-21,23-28,31,37,40H,1,5,12,15,22H2,2H3/b33-23+,34-28+. The zero-order valence-electron chi connectivity index (χ0n) is 28.3. The number of benzene rings is 3. The van der Waals surface area contributed by atoms with Crippen LogP contribution in [0.3, 0.4) is 0 Å². The lowest BCUT2D eigenvalue weighted by Crippen LogP contribution is -2.33. The van der Waals surface area contributed by atoms with Crippen LogP contribution in [-0.2, 0) is 6.42 Å². The van der Waals surface area contributed by atoms with Crippen LogP contribution in [0.25, 0.3) is 27.5 Å². The summed E-state index contributed by atoms with van der Waals surface area (Å²) in [6.07, 6.45) is 28.0. The number of nitrogens with zero attached hydrogens (tertiary/aromatic N) is 4. The van der Waals surface area contributed by atoms with Crippen molar-refractivity contribution in [3.05, 3.63) is 185 Å². The SMILES string of the molecule is C=C/C(=C\C(C#N)=C/Cc1ccc(-n2c3ccccc3c3c(C#N)cccc32)cc1)C1=C(N2C3=C(CCC=C3)C3C=CC=CC32)C=CCC1C. The number of allylic oxidation sites excluding steroid dienone is 12. The first-order valence-electron chi connectivity index (χ1n) is 17.5. The Hall–Kier alpha value is -6.10. The molecule has 4 aromatic rings. The molecule has 242 valence electrons. The highest BCUT2D eigenvalue weighted by Gasteiger charge is 2.40. The third kappa shape index (κ3) is 5.22. The zero-order valence-corrected chi connectivity index (χ0v) is 28.3. The van der Waals surface area contributed by atoms with E-state index in [4.69, 9.17) is 0 Å². The maximum Gasteiger partial charge on any atom is 0.0998 e. The minimum absolute atomic E-state index is 0.253. The molecule has 0 saturated heterocycles. The van der Waals surface area contributed by atoms with Crippen molar-refractivity contribution in [2.75, 3.05) is 0 Å². The monoisotopic (exact) mass is 646 g/mol. The molecule has 0 amide bonds. The molecule has 0 saturated carbocycles. The number of fused-ring (bicyclic) bond motifs is 5. The van der Waals surface area contributed by atoms with E-state index >= 15 is 0 Å². The van der Waals surface area contributed by atoms with Crippen LogP contribution in [0, 0.1) is 34.5 Å². The number of hydrogen-bond donors (Lipinski definition) is 0. The first-order chi connectivity index (χ1) is 24.6. The molecule has 3 atom stereocenters. The minimum Gasteiger partial charge on any atom is -0.333 e. The van der Waals surface area contributed by atoms with Crippen LogP contribution in [0.1, 0.15) is 37.3 Å². The first kappa shape index (κ1) is 31.2. The molecular weight excluding hydrogens is 609 g/mol. The average molecular weight is 647 g/mol. The topological polar surface area (TPSA) is 55.8 Å². The van der Waals surface area contributed by atoms with Crippen molar-refractivity contribution >= 4 is 21.8 Å². The van der Waals surface area contributed by atoms with Crippen molar-refractivity contribution in [3.8, 4) is 17.8 Å². The fourth-order valence-corrected chi connectivity index (χ4v) is 8.29. The maximum absolute atomic E-state index is 10.3. The molecule has 50 heavy (non-hydrogen) atoms. The maximum atomic E-state index is 10.3. The van der Waals surface area contributed by atoms with E-state index in [1.165, 1.54) is 22.5 Å². The molecule has 3 aliphatic carbocycles. The van der Waals surface area contributed by atoms with Crippen molar-refractivity contribution in [3.63, 3.8) is 0 Å². The van der Waals surface area contributed by atoms with Crippen LogP contribution in [0.4, 0.5) is 0 Å². The van der Waals surface area contributed by atoms with Crippen molar-refractivity contribution < 1.29 is 0 Å². The van der Waals surface area contributed by atoms with E-state index < -0.39 is 0 Å². The smallest absolute Gasteiger partial charge is 0.0998 e. The zero-order chi connectivity index (χ0) is 34.2. The Balaban J connectivity index is 1.12. The fraction of sp³-hybridized carbons (Fsp3) is 0.174. The van der Waals surface area contributed by atoms with Gasteiger partial charge in [0.05, 0.1) is 34.8 Å². The molecule has 0 radical (unpaired) electrons. The van der Waals surface area contributed by atoms with E-state index in [9.17, 15) is 10.5 Å². The Morgan fingerprint density at radius 3 is 2.54 bits per heavy atom. The second-order valence-corrected chi connectivity index (χ2v) is 13.5. The highest BCUT2D eigenvalue weighted by molar-refractivity contribution is 6.11. The summed E-state index contributed by atoms with van der Waals surface area (Å²) in [6, 6.07) is 27.7. The molecule has 0 spiro atoms. The predicted octanol–water partition coefficient (Wildman–Crippen LogP) is 10.6. The molecule has 1 aliphatic heterocycles. The van der Waals surface area contributed by atoms with Gasteiger partial charge < -0.3 is 9.47 Å². The summed E-state index contributed by atoms with van der Waals surface area (Å²) in [5, 5.41) is 22.2. The van der Waals surface area contributed by atoms with E-state index in [2.05, 4.69) is 126 Å². The summed E-state index contributed by atoms with van der Waals surface area (Å²) < 4.78 is 2.22. The summed E-state index contributed by atoms with van der Waals surface area (Å²) in [4.78, 5) is 2.53. The van der Waals surface area contributed by atoms with E-state index in [0.29, 0.717) is 23.5 Å². The predicted molar refractivity (Wildman–Crippen MR) is 204 cm³/mol. The second kappa shape index (κ2) is 13.1. The van der Waals surface area contributed by atoms with Gasteiger partial charge >= 0.3 is 0 Å². The molecule has 4 aliphatic rings. The molecule has 2 heterocycles. The van der Waals surface area contributed by atoms with Gasteiger partial charge in [-0.15, -0.1) is 0 Å². The van der Waals surface area contributed by atoms with Gasteiger partial charge in [0.25, 0.3) is 0 Å². The van der Waals surface area contributed by atoms with Gasteiger partial charge in [0, 0.05) is 39.3 Å². The van der Waals surface area contributed by atoms with Gasteiger partial charge in [0.15, 0.2) is 0 Å². The molecule has 0 bridgehead atoms. The van der Waals surface area contributed by atoms with Crippen LogP contribution < -0.4 is 0 Å². The van der Waals surface area contributed by atoms with Crippen LogP contribution in [0.15, 0.2) is 174 Å². The number of aromatic nitrogens is 1. The molecule has 0 fully saturated rings. The van der Waals surface area contributed by atoms with E-state index in [1.807, 2.05) is 42.5 Å². The Kier molecular flexibility index (Phi) is 8.15. The van der Waals surface area contributed by atoms with Gasteiger partial charge in [-0.2, -0.15) is 10.5 Å². The normalized spacial score (nSPS) is 21.5. The van der Waals surface area contributed by atoms with Gasteiger partial charge in [-0.1, -0.05) is 98.5 Å². The highest BCUT2D eigenvalue weighted by atomic mass is 15.2. The summed E-state index contributed by atoms with van der Waals surface area (Å²) >= 11 is 0. The van der Waals surface area contributed by atoms with Crippen molar-refractivity contribution in [2.45, 2.75) is 38.6 Å². The molecule has 4 nitrogen and oxygen atoms in total. The number of rotatable bonds is 7. The highest BCUT2D eigenvalue weighted by Crippen LogP contribution is 2.47. The third-order valence-corrected chi connectivity index (χ3v) is 10.6. The van der Waals surface area contributed by atoms with E-state index in [-0.39, 0.29) is 12.0 Å². The van der Waals surface area contributed by atoms with E-state index in [0.717, 1.165) is 57.9 Å². The summed E-state index contributed by atoms with van der Waals surface area (Å²) in [5.74, 6) is 0.678. The summed E-state index contributed by atoms with van der Waals surface area (Å²) in [5.41, 5.74) is 11.8. The van der Waals surface area contributed by atoms with Gasteiger partial charge in [-0.05, 0) is 102 Å². The Labute approximate surface area is 294 Å². The lowest BCUT2D eigenvalue weighted by Gasteiger charge is -2.36. The minimum atomic E-state index is 0.253. The van der Waals surface area contributed by atoms with Crippen LogP contribution in [-0.4, -0.2) is 15.5 Å². The van der Waals surface area contributed by atoms with Crippen molar-refractivity contribution in [1.82, 2.24) is 9.47 Å². The van der Waals surface area contributed by atoms with Crippen molar-refractivity contribution in [1.29, 1.82) is 10.5 Å². The lowest BCUT2D eigenvalue weighted by molar-refractivity contribution is 0.372. The molecule has 0 N–H and O–H groups in total. The average Bonchev–Trinajstić information content (AvgIpc) is 3.68. The van der Waals surface area contributed by atoms with Crippen LogP contribution in [0.2, 0.25) is 0 Å².